The lowest BCUT2D eigenvalue weighted by molar-refractivity contribution is 0.281. The number of aliphatic hydroxyl groups is 1. The van der Waals surface area contributed by atoms with Gasteiger partial charge in [0.15, 0.2) is 0 Å². The molecule has 2 unspecified atom stereocenters. The maximum atomic E-state index is 12.4. The third-order valence-corrected chi connectivity index (χ3v) is 5.60. The number of nitrogens with one attached hydrogen (secondary N) is 1. The first-order chi connectivity index (χ1) is 10.00. The van der Waals surface area contributed by atoms with Crippen LogP contribution in [0.5, 0.6) is 0 Å². The molecule has 0 spiro atoms. The van der Waals surface area contributed by atoms with Crippen molar-refractivity contribution in [2.24, 2.45) is 5.92 Å². The number of rotatable bonds is 5. The molecule has 0 radical (unpaired) electrons. The molecular formula is C16H25NO3S. The van der Waals surface area contributed by atoms with Crippen molar-refractivity contribution in [2.45, 2.75) is 57.4 Å². The van der Waals surface area contributed by atoms with Crippen LogP contribution >= 0.6 is 0 Å². The fourth-order valence-electron chi connectivity index (χ4n) is 2.98. The number of sulfonamides is 1. The van der Waals surface area contributed by atoms with Crippen LogP contribution in [0.3, 0.4) is 0 Å². The molecule has 1 aromatic rings. The van der Waals surface area contributed by atoms with E-state index >= 15 is 0 Å². The summed E-state index contributed by atoms with van der Waals surface area (Å²) in [6.07, 6.45) is 5.50. The largest absolute Gasteiger partial charge is 0.392 e. The fraction of sp³-hybridized carbons (Fsp3) is 0.625. The van der Waals surface area contributed by atoms with E-state index in [0.29, 0.717) is 5.92 Å². The quantitative estimate of drug-likeness (QED) is 0.821. The zero-order chi connectivity index (χ0) is 15.3. The second-order valence-corrected chi connectivity index (χ2v) is 7.83. The summed E-state index contributed by atoms with van der Waals surface area (Å²) in [4.78, 5) is 0. The molecule has 1 fully saturated rings. The van der Waals surface area contributed by atoms with Gasteiger partial charge in [0.05, 0.1) is 12.4 Å². The van der Waals surface area contributed by atoms with Crippen LogP contribution in [-0.4, -0.2) is 19.6 Å². The molecule has 0 heterocycles. The van der Waals surface area contributed by atoms with E-state index in [9.17, 15) is 8.42 Å². The SMILES string of the molecule is CC1CCCCCC1NS(=O)(=O)Cc1cccc(CO)c1. The smallest absolute Gasteiger partial charge is 0.216 e. The van der Waals surface area contributed by atoms with Crippen molar-refractivity contribution >= 4 is 10.0 Å². The van der Waals surface area contributed by atoms with E-state index in [-0.39, 0.29) is 18.4 Å². The lowest BCUT2D eigenvalue weighted by atomic mass is 9.98. The number of hydrogen-bond acceptors (Lipinski definition) is 3. The molecule has 2 rings (SSSR count). The highest BCUT2D eigenvalue weighted by atomic mass is 32.2. The first kappa shape index (κ1) is 16.5. The first-order valence-electron chi connectivity index (χ1n) is 7.69. The second kappa shape index (κ2) is 7.38. The predicted octanol–water partition coefficient (Wildman–Crippen LogP) is 2.57. The summed E-state index contributed by atoms with van der Waals surface area (Å²) in [5.41, 5.74) is 1.46. The highest BCUT2D eigenvalue weighted by Gasteiger charge is 2.24. The van der Waals surface area contributed by atoms with Crippen molar-refractivity contribution in [3.05, 3.63) is 35.4 Å². The summed E-state index contributed by atoms with van der Waals surface area (Å²) in [6, 6.07) is 7.16. The number of aliphatic hydroxyl groups excluding tert-OH is 1. The van der Waals surface area contributed by atoms with Crippen molar-refractivity contribution < 1.29 is 13.5 Å². The highest BCUT2D eigenvalue weighted by molar-refractivity contribution is 7.88. The van der Waals surface area contributed by atoms with E-state index in [1.165, 1.54) is 12.8 Å². The summed E-state index contributed by atoms with van der Waals surface area (Å²) in [5.74, 6) is 0.371. The Labute approximate surface area is 127 Å². The summed E-state index contributed by atoms with van der Waals surface area (Å²) in [6.45, 7) is 2.06. The van der Waals surface area contributed by atoms with Crippen LogP contribution < -0.4 is 4.72 Å². The van der Waals surface area contributed by atoms with Crippen molar-refractivity contribution in [3.8, 4) is 0 Å². The van der Waals surface area contributed by atoms with Crippen LogP contribution in [0, 0.1) is 5.92 Å². The second-order valence-electron chi connectivity index (χ2n) is 6.08. The van der Waals surface area contributed by atoms with Crippen LogP contribution in [0.2, 0.25) is 0 Å². The van der Waals surface area contributed by atoms with Crippen molar-refractivity contribution in [1.29, 1.82) is 0 Å². The van der Waals surface area contributed by atoms with Gasteiger partial charge in [0.1, 0.15) is 0 Å². The van der Waals surface area contributed by atoms with Gasteiger partial charge in [0.25, 0.3) is 0 Å². The first-order valence-corrected chi connectivity index (χ1v) is 9.34. The molecule has 0 bridgehead atoms. The molecule has 2 N–H and O–H groups in total. The van der Waals surface area contributed by atoms with Gasteiger partial charge < -0.3 is 5.11 Å². The molecule has 0 aliphatic heterocycles. The topological polar surface area (TPSA) is 66.4 Å². The third-order valence-electron chi connectivity index (χ3n) is 4.22. The minimum absolute atomic E-state index is 0.0238. The van der Waals surface area contributed by atoms with Crippen molar-refractivity contribution in [1.82, 2.24) is 4.72 Å². The Morgan fingerprint density at radius 3 is 2.67 bits per heavy atom. The maximum Gasteiger partial charge on any atom is 0.216 e. The molecule has 0 amide bonds. The molecule has 21 heavy (non-hydrogen) atoms. The Bertz CT molecular complexity index is 556. The zero-order valence-corrected chi connectivity index (χ0v) is 13.4. The highest BCUT2D eigenvalue weighted by Crippen LogP contribution is 2.24. The standard InChI is InChI=1S/C16H25NO3S/c1-13-6-3-2-4-9-16(13)17-21(19,20)12-15-8-5-7-14(10-15)11-18/h5,7-8,10,13,16-18H,2-4,6,9,11-12H2,1H3. The van der Waals surface area contributed by atoms with Gasteiger partial charge in [-0.2, -0.15) is 0 Å². The molecule has 1 aromatic carbocycles. The molecule has 0 saturated heterocycles. The van der Waals surface area contributed by atoms with Gasteiger partial charge in [-0.1, -0.05) is 50.5 Å². The van der Waals surface area contributed by atoms with E-state index in [2.05, 4.69) is 11.6 Å². The van der Waals surface area contributed by atoms with Crippen molar-refractivity contribution in [3.63, 3.8) is 0 Å². The monoisotopic (exact) mass is 311 g/mol. The van der Waals surface area contributed by atoms with E-state index in [1.807, 2.05) is 0 Å². The summed E-state index contributed by atoms with van der Waals surface area (Å²) in [7, 11) is -3.34. The van der Waals surface area contributed by atoms with Gasteiger partial charge in [-0.25, -0.2) is 13.1 Å². The molecule has 2 atom stereocenters. The molecule has 1 saturated carbocycles. The van der Waals surface area contributed by atoms with E-state index in [0.717, 1.165) is 30.4 Å². The fourth-order valence-corrected chi connectivity index (χ4v) is 4.49. The summed E-state index contributed by atoms with van der Waals surface area (Å²) >= 11 is 0. The van der Waals surface area contributed by atoms with E-state index in [4.69, 9.17) is 5.11 Å². The maximum absolute atomic E-state index is 12.4. The van der Waals surface area contributed by atoms with Gasteiger partial charge >= 0.3 is 0 Å². The Balaban J connectivity index is 2.03. The lowest BCUT2D eigenvalue weighted by Crippen LogP contribution is -2.39. The molecule has 1 aliphatic carbocycles. The molecule has 5 heteroatoms. The molecular weight excluding hydrogens is 286 g/mol. The minimum atomic E-state index is -3.34. The number of benzene rings is 1. The van der Waals surface area contributed by atoms with Gasteiger partial charge in [-0.3, -0.25) is 0 Å². The lowest BCUT2D eigenvalue weighted by Gasteiger charge is -2.22. The van der Waals surface area contributed by atoms with Gasteiger partial charge in [0.2, 0.25) is 10.0 Å². The Morgan fingerprint density at radius 1 is 1.19 bits per heavy atom. The van der Waals surface area contributed by atoms with Crippen LogP contribution in [0.1, 0.15) is 50.2 Å². The summed E-state index contributed by atoms with van der Waals surface area (Å²) in [5, 5.41) is 9.12. The predicted molar refractivity (Wildman–Crippen MR) is 84.2 cm³/mol. The zero-order valence-electron chi connectivity index (χ0n) is 12.6. The molecule has 118 valence electrons. The molecule has 1 aliphatic rings. The van der Waals surface area contributed by atoms with Crippen molar-refractivity contribution in [2.75, 3.05) is 0 Å². The molecule has 4 nitrogen and oxygen atoms in total. The van der Waals surface area contributed by atoms with Crippen LogP contribution in [0.15, 0.2) is 24.3 Å². The van der Waals surface area contributed by atoms with Gasteiger partial charge in [-0.15, -0.1) is 0 Å². The van der Waals surface area contributed by atoms with Crippen LogP contribution in [0.25, 0.3) is 0 Å². The molecule has 0 aromatic heterocycles. The summed E-state index contributed by atoms with van der Waals surface area (Å²) < 4.78 is 27.6. The Morgan fingerprint density at radius 2 is 1.90 bits per heavy atom. The average molecular weight is 311 g/mol. The Kier molecular flexibility index (Phi) is 5.79. The van der Waals surface area contributed by atoms with Gasteiger partial charge in [-0.05, 0) is 29.9 Å². The average Bonchev–Trinajstić information content (AvgIpc) is 2.63. The van der Waals surface area contributed by atoms with Crippen LogP contribution in [0.4, 0.5) is 0 Å². The third kappa shape index (κ3) is 5.09. The Hall–Kier alpha value is -0.910. The normalized spacial score (nSPS) is 23.7. The van der Waals surface area contributed by atoms with E-state index < -0.39 is 10.0 Å². The van der Waals surface area contributed by atoms with Gasteiger partial charge in [0, 0.05) is 6.04 Å². The van der Waals surface area contributed by atoms with Crippen LogP contribution in [-0.2, 0) is 22.4 Å². The number of hydrogen-bond donors (Lipinski definition) is 2. The van der Waals surface area contributed by atoms with E-state index in [1.54, 1.807) is 24.3 Å². The minimum Gasteiger partial charge on any atom is -0.392 e.